The van der Waals surface area contributed by atoms with Crippen molar-refractivity contribution in [3.8, 4) is 0 Å². The van der Waals surface area contributed by atoms with Gasteiger partial charge in [0.2, 0.25) is 5.91 Å². The third-order valence-corrected chi connectivity index (χ3v) is 5.38. The van der Waals surface area contributed by atoms with Gasteiger partial charge in [-0.1, -0.05) is 26.2 Å². The van der Waals surface area contributed by atoms with E-state index in [1.165, 1.54) is 32.1 Å². The average molecular weight is 266 g/mol. The first-order chi connectivity index (χ1) is 9.12. The first kappa shape index (κ1) is 14.8. The Balaban J connectivity index is 2.02. The van der Waals surface area contributed by atoms with Crippen molar-refractivity contribution in [2.24, 2.45) is 0 Å². The first-order valence-corrected chi connectivity index (χ1v) is 8.12. The van der Waals surface area contributed by atoms with E-state index in [1.807, 2.05) is 7.05 Å². The lowest BCUT2D eigenvalue weighted by Crippen LogP contribution is -2.50. The molecule has 1 amide bonds. The molecule has 1 saturated carbocycles. The van der Waals surface area contributed by atoms with E-state index in [9.17, 15) is 4.79 Å². The van der Waals surface area contributed by atoms with Crippen molar-refractivity contribution in [3.05, 3.63) is 0 Å². The third-order valence-electron chi connectivity index (χ3n) is 5.38. The maximum Gasteiger partial charge on any atom is 0.224 e. The molecule has 0 spiro atoms. The highest BCUT2D eigenvalue weighted by Crippen LogP contribution is 2.34. The van der Waals surface area contributed by atoms with Crippen LogP contribution in [0.4, 0.5) is 0 Å². The summed E-state index contributed by atoms with van der Waals surface area (Å²) in [6, 6.07) is 0.926. The highest BCUT2D eigenvalue weighted by Gasteiger charge is 2.38. The fourth-order valence-corrected chi connectivity index (χ4v) is 4.05. The van der Waals surface area contributed by atoms with Crippen LogP contribution in [0.3, 0.4) is 0 Å². The molecule has 1 N–H and O–H groups in total. The fraction of sp³-hybridized carbons (Fsp3) is 0.938. The Labute approximate surface area is 118 Å². The van der Waals surface area contributed by atoms with Gasteiger partial charge in [-0.15, -0.1) is 0 Å². The van der Waals surface area contributed by atoms with Gasteiger partial charge in [0.1, 0.15) is 0 Å². The van der Waals surface area contributed by atoms with Gasteiger partial charge in [0.25, 0.3) is 0 Å². The van der Waals surface area contributed by atoms with Crippen LogP contribution >= 0.6 is 0 Å². The second-order valence-electron chi connectivity index (χ2n) is 6.56. The Morgan fingerprint density at radius 1 is 1.26 bits per heavy atom. The summed E-state index contributed by atoms with van der Waals surface area (Å²) < 4.78 is 0. The number of carbonyl (C=O) groups is 1. The van der Waals surface area contributed by atoms with Crippen molar-refractivity contribution in [1.29, 1.82) is 0 Å². The SMILES string of the molecule is CCC1CCC(C)N1C(=O)CC1(NC)CCCCC1. The summed E-state index contributed by atoms with van der Waals surface area (Å²) in [4.78, 5) is 14.9. The zero-order valence-corrected chi connectivity index (χ0v) is 12.9. The molecule has 2 aliphatic rings. The van der Waals surface area contributed by atoms with E-state index in [-0.39, 0.29) is 5.54 Å². The number of carbonyl (C=O) groups excluding carboxylic acids is 1. The van der Waals surface area contributed by atoms with E-state index in [1.54, 1.807) is 0 Å². The van der Waals surface area contributed by atoms with Crippen LogP contribution in [0.1, 0.15) is 71.6 Å². The molecule has 19 heavy (non-hydrogen) atoms. The topological polar surface area (TPSA) is 32.3 Å². The summed E-state index contributed by atoms with van der Waals surface area (Å²) in [5.41, 5.74) is 0.0793. The fourth-order valence-electron chi connectivity index (χ4n) is 4.05. The molecular formula is C16H30N2O. The van der Waals surface area contributed by atoms with Gasteiger partial charge < -0.3 is 10.2 Å². The maximum atomic E-state index is 12.7. The summed E-state index contributed by atoms with van der Waals surface area (Å²) in [5, 5.41) is 3.47. The number of amides is 1. The van der Waals surface area contributed by atoms with Gasteiger partial charge in [-0.25, -0.2) is 0 Å². The van der Waals surface area contributed by atoms with Gasteiger partial charge in [0.15, 0.2) is 0 Å². The minimum atomic E-state index is 0.0793. The average Bonchev–Trinajstić information content (AvgIpc) is 2.81. The Kier molecular flexibility index (Phi) is 4.88. The quantitative estimate of drug-likeness (QED) is 0.848. The maximum absolute atomic E-state index is 12.7. The number of hydrogen-bond acceptors (Lipinski definition) is 2. The Morgan fingerprint density at radius 3 is 2.53 bits per heavy atom. The summed E-state index contributed by atoms with van der Waals surface area (Å²) in [6.07, 6.45) is 10.3. The predicted molar refractivity (Wildman–Crippen MR) is 79.1 cm³/mol. The molecule has 0 aromatic carbocycles. The van der Waals surface area contributed by atoms with Crippen LogP contribution in [0.15, 0.2) is 0 Å². The molecule has 0 aromatic rings. The van der Waals surface area contributed by atoms with E-state index in [0.717, 1.165) is 19.3 Å². The molecule has 2 atom stereocenters. The lowest BCUT2D eigenvalue weighted by atomic mass is 9.79. The van der Waals surface area contributed by atoms with Crippen LogP contribution in [-0.2, 0) is 4.79 Å². The normalized spacial score (nSPS) is 30.6. The third kappa shape index (κ3) is 3.13. The zero-order chi connectivity index (χ0) is 13.9. The molecule has 0 aromatic heterocycles. The summed E-state index contributed by atoms with van der Waals surface area (Å²) in [5.74, 6) is 0.383. The molecule has 2 fully saturated rings. The number of hydrogen-bond donors (Lipinski definition) is 1. The monoisotopic (exact) mass is 266 g/mol. The molecular weight excluding hydrogens is 236 g/mol. The Bertz CT molecular complexity index is 310. The lowest BCUT2D eigenvalue weighted by molar-refractivity contribution is -0.135. The molecule has 2 rings (SSSR count). The molecule has 3 nitrogen and oxygen atoms in total. The number of likely N-dealkylation sites (tertiary alicyclic amines) is 1. The van der Waals surface area contributed by atoms with Gasteiger partial charge in [-0.2, -0.15) is 0 Å². The summed E-state index contributed by atoms with van der Waals surface area (Å²) >= 11 is 0. The molecule has 1 aliphatic carbocycles. The molecule has 1 saturated heterocycles. The van der Waals surface area contributed by atoms with Crippen LogP contribution in [-0.4, -0.2) is 35.5 Å². The smallest absolute Gasteiger partial charge is 0.224 e. The Hall–Kier alpha value is -0.570. The second-order valence-corrected chi connectivity index (χ2v) is 6.56. The van der Waals surface area contributed by atoms with E-state index >= 15 is 0 Å². The van der Waals surface area contributed by atoms with E-state index in [2.05, 4.69) is 24.1 Å². The van der Waals surface area contributed by atoms with Crippen molar-refractivity contribution in [1.82, 2.24) is 10.2 Å². The number of nitrogens with zero attached hydrogens (tertiary/aromatic N) is 1. The van der Waals surface area contributed by atoms with E-state index < -0.39 is 0 Å². The molecule has 1 aliphatic heterocycles. The van der Waals surface area contributed by atoms with Gasteiger partial charge in [-0.05, 0) is 46.1 Å². The van der Waals surface area contributed by atoms with Gasteiger partial charge >= 0.3 is 0 Å². The molecule has 1 heterocycles. The molecule has 0 radical (unpaired) electrons. The van der Waals surface area contributed by atoms with Gasteiger partial charge in [0, 0.05) is 24.0 Å². The second kappa shape index (κ2) is 6.25. The highest BCUT2D eigenvalue weighted by molar-refractivity contribution is 5.78. The number of nitrogens with one attached hydrogen (secondary N) is 1. The van der Waals surface area contributed by atoms with Crippen LogP contribution in [0.25, 0.3) is 0 Å². The van der Waals surface area contributed by atoms with Crippen molar-refractivity contribution < 1.29 is 4.79 Å². The Morgan fingerprint density at radius 2 is 1.95 bits per heavy atom. The van der Waals surface area contributed by atoms with Crippen molar-refractivity contribution >= 4 is 5.91 Å². The van der Waals surface area contributed by atoms with Crippen LogP contribution < -0.4 is 5.32 Å². The minimum absolute atomic E-state index is 0.0793. The van der Waals surface area contributed by atoms with E-state index in [4.69, 9.17) is 0 Å². The largest absolute Gasteiger partial charge is 0.337 e. The standard InChI is InChI=1S/C16H30N2O/c1-4-14-9-8-13(2)18(14)15(19)12-16(17-3)10-6-5-7-11-16/h13-14,17H,4-12H2,1-3H3. The lowest BCUT2D eigenvalue weighted by Gasteiger charge is -2.39. The van der Waals surface area contributed by atoms with Crippen LogP contribution in [0, 0.1) is 0 Å². The summed E-state index contributed by atoms with van der Waals surface area (Å²) in [7, 11) is 2.03. The van der Waals surface area contributed by atoms with Crippen LogP contribution in [0.5, 0.6) is 0 Å². The van der Waals surface area contributed by atoms with Gasteiger partial charge in [-0.3, -0.25) is 4.79 Å². The molecule has 2 unspecified atom stereocenters. The van der Waals surface area contributed by atoms with E-state index in [0.29, 0.717) is 24.4 Å². The van der Waals surface area contributed by atoms with Crippen molar-refractivity contribution in [2.75, 3.05) is 7.05 Å². The molecule has 110 valence electrons. The molecule has 0 bridgehead atoms. The minimum Gasteiger partial charge on any atom is -0.337 e. The van der Waals surface area contributed by atoms with Gasteiger partial charge in [0.05, 0.1) is 0 Å². The van der Waals surface area contributed by atoms with Crippen LogP contribution in [0.2, 0.25) is 0 Å². The predicted octanol–water partition coefficient (Wildman–Crippen LogP) is 3.09. The summed E-state index contributed by atoms with van der Waals surface area (Å²) in [6.45, 7) is 4.41. The van der Waals surface area contributed by atoms with Crippen molar-refractivity contribution in [3.63, 3.8) is 0 Å². The number of rotatable bonds is 4. The zero-order valence-electron chi connectivity index (χ0n) is 12.9. The highest BCUT2D eigenvalue weighted by atomic mass is 16.2. The first-order valence-electron chi connectivity index (χ1n) is 8.12. The van der Waals surface area contributed by atoms with Crippen molar-refractivity contribution in [2.45, 2.75) is 89.3 Å². The molecule has 3 heteroatoms.